The van der Waals surface area contributed by atoms with Crippen LogP contribution in [0.15, 0.2) is 36.4 Å². The van der Waals surface area contributed by atoms with Crippen LogP contribution in [0.25, 0.3) is 22.3 Å². The van der Waals surface area contributed by atoms with Gasteiger partial charge in [0.1, 0.15) is 11.8 Å². The molecule has 21 heavy (non-hydrogen) atoms. The van der Waals surface area contributed by atoms with E-state index in [1.165, 1.54) is 0 Å². The molecule has 1 aromatic heterocycles. The zero-order chi connectivity index (χ0) is 15.0. The molecule has 0 fully saturated rings. The van der Waals surface area contributed by atoms with E-state index in [4.69, 9.17) is 11.6 Å². The molecule has 0 aliphatic rings. The maximum absolute atomic E-state index is 13.3. The first kappa shape index (κ1) is 13.4. The number of aromatic nitrogens is 2. The fourth-order valence-corrected chi connectivity index (χ4v) is 2.06. The Morgan fingerprint density at radius 1 is 0.952 bits per heavy atom. The quantitative estimate of drug-likeness (QED) is 0.680. The van der Waals surface area contributed by atoms with Crippen LogP contribution in [0.1, 0.15) is 5.69 Å². The average molecular weight is 302 g/mol. The highest BCUT2D eigenvalue weighted by molar-refractivity contribution is 6.30. The van der Waals surface area contributed by atoms with Gasteiger partial charge in [0.05, 0.1) is 11.0 Å². The van der Waals surface area contributed by atoms with Gasteiger partial charge >= 0.3 is 0 Å². The fourth-order valence-electron chi connectivity index (χ4n) is 1.94. The zero-order valence-corrected chi connectivity index (χ0v) is 11.2. The van der Waals surface area contributed by atoms with Crippen LogP contribution >= 0.6 is 11.6 Å². The van der Waals surface area contributed by atoms with Gasteiger partial charge in [-0.25, -0.2) is 18.7 Å². The second-order valence-electron chi connectivity index (χ2n) is 4.29. The molecule has 0 aliphatic heterocycles. The SMILES string of the molecule is N#Cc1nc2cc(F)c(F)cc2nc1-c1ccc(Cl)cc1. The van der Waals surface area contributed by atoms with Crippen molar-refractivity contribution < 1.29 is 8.78 Å². The maximum atomic E-state index is 13.3. The maximum Gasteiger partial charge on any atom is 0.167 e. The van der Waals surface area contributed by atoms with Gasteiger partial charge in [-0.15, -0.1) is 0 Å². The Labute approximate surface area is 123 Å². The molecule has 0 spiro atoms. The minimum Gasteiger partial charge on any atom is -0.243 e. The van der Waals surface area contributed by atoms with Crippen molar-refractivity contribution in [1.29, 1.82) is 5.26 Å². The largest absolute Gasteiger partial charge is 0.243 e. The van der Waals surface area contributed by atoms with Crippen LogP contribution < -0.4 is 0 Å². The summed E-state index contributed by atoms with van der Waals surface area (Å²) in [7, 11) is 0. The van der Waals surface area contributed by atoms with Crippen molar-refractivity contribution in [3.63, 3.8) is 0 Å². The Kier molecular flexibility index (Phi) is 3.24. The van der Waals surface area contributed by atoms with Crippen LogP contribution in [0.2, 0.25) is 5.02 Å². The lowest BCUT2D eigenvalue weighted by Crippen LogP contribution is -1.97. The number of hydrogen-bond donors (Lipinski definition) is 0. The molecule has 102 valence electrons. The third-order valence-corrected chi connectivity index (χ3v) is 3.18. The number of hydrogen-bond acceptors (Lipinski definition) is 3. The Bertz CT molecular complexity index is 886. The normalized spacial score (nSPS) is 10.6. The highest BCUT2D eigenvalue weighted by Crippen LogP contribution is 2.25. The van der Waals surface area contributed by atoms with E-state index in [1.807, 2.05) is 6.07 Å². The number of rotatable bonds is 1. The summed E-state index contributed by atoms with van der Waals surface area (Å²) in [5.74, 6) is -2.04. The van der Waals surface area contributed by atoms with E-state index in [0.717, 1.165) is 12.1 Å². The smallest absolute Gasteiger partial charge is 0.167 e. The summed E-state index contributed by atoms with van der Waals surface area (Å²) in [5.41, 5.74) is 1.26. The van der Waals surface area contributed by atoms with Gasteiger partial charge in [-0.1, -0.05) is 23.7 Å². The Morgan fingerprint density at radius 2 is 1.52 bits per heavy atom. The molecule has 0 unspecified atom stereocenters. The minimum atomic E-state index is -1.03. The monoisotopic (exact) mass is 301 g/mol. The molecule has 0 N–H and O–H groups in total. The van der Waals surface area contributed by atoms with Gasteiger partial charge in [0.25, 0.3) is 0 Å². The summed E-state index contributed by atoms with van der Waals surface area (Å²) in [6.45, 7) is 0. The topological polar surface area (TPSA) is 49.6 Å². The standard InChI is InChI=1S/C15H6ClF2N3/c16-9-3-1-8(2-4-9)15-14(7-19)20-12-5-10(17)11(18)6-13(12)21-15/h1-6H. The molecule has 3 rings (SSSR count). The van der Waals surface area contributed by atoms with Crippen molar-refractivity contribution in [3.05, 3.63) is 58.7 Å². The average Bonchev–Trinajstić information content (AvgIpc) is 2.48. The van der Waals surface area contributed by atoms with Crippen molar-refractivity contribution >= 4 is 22.6 Å². The molecule has 3 nitrogen and oxygen atoms in total. The highest BCUT2D eigenvalue weighted by atomic mass is 35.5. The summed E-state index contributed by atoms with van der Waals surface area (Å²) in [6, 6.07) is 10.4. The number of nitriles is 1. The summed E-state index contributed by atoms with van der Waals surface area (Å²) in [4.78, 5) is 8.24. The first-order chi connectivity index (χ1) is 10.1. The van der Waals surface area contributed by atoms with Crippen molar-refractivity contribution in [1.82, 2.24) is 9.97 Å². The molecule has 2 aromatic carbocycles. The zero-order valence-electron chi connectivity index (χ0n) is 10.4. The molecule has 0 radical (unpaired) electrons. The second kappa shape index (κ2) is 5.08. The van der Waals surface area contributed by atoms with Gasteiger partial charge in [0, 0.05) is 22.7 Å². The highest BCUT2D eigenvalue weighted by Gasteiger charge is 2.13. The van der Waals surface area contributed by atoms with E-state index in [9.17, 15) is 14.0 Å². The third kappa shape index (κ3) is 2.41. The van der Waals surface area contributed by atoms with Crippen LogP contribution in [-0.4, -0.2) is 9.97 Å². The summed E-state index contributed by atoms with van der Waals surface area (Å²) >= 11 is 5.81. The van der Waals surface area contributed by atoms with Gasteiger partial charge in [-0.05, 0) is 12.1 Å². The molecule has 0 bridgehead atoms. The summed E-state index contributed by atoms with van der Waals surface area (Å²) < 4.78 is 26.5. The van der Waals surface area contributed by atoms with Crippen molar-refractivity contribution in [2.45, 2.75) is 0 Å². The fraction of sp³-hybridized carbons (Fsp3) is 0. The molecule has 0 saturated carbocycles. The number of fused-ring (bicyclic) bond motifs is 1. The molecule has 6 heteroatoms. The van der Waals surface area contributed by atoms with Gasteiger partial charge in [-0.3, -0.25) is 0 Å². The van der Waals surface area contributed by atoms with E-state index >= 15 is 0 Å². The molecule has 3 aromatic rings. The molecule has 0 saturated heterocycles. The van der Waals surface area contributed by atoms with Gasteiger partial charge in [-0.2, -0.15) is 5.26 Å². The Hall–Kier alpha value is -2.58. The van der Waals surface area contributed by atoms with Crippen molar-refractivity contribution in [2.24, 2.45) is 0 Å². The summed E-state index contributed by atoms with van der Waals surface area (Å²) in [6.07, 6.45) is 0. The van der Waals surface area contributed by atoms with Crippen LogP contribution in [0.3, 0.4) is 0 Å². The van der Waals surface area contributed by atoms with Crippen LogP contribution in [-0.2, 0) is 0 Å². The third-order valence-electron chi connectivity index (χ3n) is 2.93. The van der Waals surface area contributed by atoms with E-state index in [0.29, 0.717) is 16.3 Å². The van der Waals surface area contributed by atoms with Crippen molar-refractivity contribution in [2.75, 3.05) is 0 Å². The molecule has 0 amide bonds. The van der Waals surface area contributed by atoms with Crippen molar-refractivity contribution in [3.8, 4) is 17.3 Å². The first-order valence-electron chi connectivity index (χ1n) is 5.91. The first-order valence-corrected chi connectivity index (χ1v) is 6.29. The molecule has 0 aliphatic carbocycles. The van der Waals surface area contributed by atoms with Gasteiger partial charge in [0.2, 0.25) is 0 Å². The minimum absolute atomic E-state index is 0.0378. The molecular weight excluding hydrogens is 296 g/mol. The lowest BCUT2D eigenvalue weighted by molar-refractivity contribution is 0.510. The number of nitrogens with zero attached hydrogens (tertiary/aromatic N) is 3. The van der Waals surface area contributed by atoms with E-state index < -0.39 is 11.6 Å². The van der Waals surface area contributed by atoms with Crippen LogP contribution in [0.5, 0.6) is 0 Å². The van der Waals surface area contributed by atoms with Crippen LogP contribution in [0, 0.1) is 23.0 Å². The predicted octanol–water partition coefficient (Wildman–Crippen LogP) is 4.10. The molecule has 1 heterocycles. The van der Waals surface area contributed by atoms with E-state index in [-0.39, 0.29) is 16.7 Å². The number of halogens is 3. The van der Waals surface area contributed by atoms with Gasteiger partial charge in [0.15, 0.2) is 17.3 Å². The Balaban J connectivity index is 2.29. The predicted molar refractivity (Wildman–Crippen MR) is 74.6 cm³/mol. The van der Waals surface area contributed by atoms with Crippen LogP contribution in [0.4, 0.5) is 8.78 Å². The molecular formula is C15H6ClF2N3. The molecule has 0 atom stereocenters. The second-order valence-corrected chi connectivity index (χ2v) is 4.73. The number of benzene rings is 2. The van der Waals surface area contributed by atoms with Gasteiger partial charge < -0.3 is 0 Å². The Morgan fingerprint density at radius 3 is 2.10 bits per heavy atom. The van der Waals surface area contributed by atoms with E-state index in [1.54, 1.807) is 24.3 Å². The van der Waals surface area contributed by atoms with E-state index in [2.05, 4.69) is 9.97 Å². The lowest BCUT2D eigenvalue weighted by Gasteiger charge is -2.06. The summed E-state index contributed by atoms with van der Waals surface area (Å²) in [5, 5.41) is 9.71. The lowest BCUT2D eigenvalue weighted by atomic mass is 10.1.